The van der Waals surface area contributed by atoms with Gasteiger partial charge < -0.3 is 21.1 Å². The first-order chi connectivity index (χ1) is 14.3. The molecule has 0 saturated carbocycles. The van der Waals surface area contributed by atoms with Gasteiger partial charge in [0.2, 0.25) is 0 Å². The van der Waals surface area contributed by atoms with E-state index < -0.39 is 6.09 Å². The minimum absolute atomic E-state index is 0.229. The van der Waals surface area contributed by atoms with Crippen LogP contribution < -0.4 is 11.1 Å². The molecule has 156 valence electrons. The molecule has 0 aliphatic heterocycles. The van der Waals surface area contributed by atoms with Crippen molar-refractivity contribution >= 4 is 23.5 Å². The van der Waals surface area contributed by atoms with Crippen molar-refractivity contribution in [3.05, 3.63) is 71.9 Å². The smallest absolute Gasteiger partial charge is 0.407 e. The Morgan fingerprint density at radius 3 is 2.40 bits per heavy atom. The van der Waals surface area contributed by atoms with E-state index >= 15 is 0 Å². The minimum Gasteiger partial charge on any atom is -0.465 e. The molecule has 0 spiro atoms. The maximum absolute atomic E-state index is 12.6. The molecule has 8 nitrogen and oxygen atoms in total. The fourth-order valence-corrected chi connectivity index (χ4v) is 3.01. The van der Waals surface area contributed by atoms with Crippen molar-refractivity contribution in [3.63, 3.8) is 0 Å². The van der Waals surface area contributed by atoms with E-state index in [9.17, 15) is 14.7 Å². The number of aromatic nitrogens is 2. The standard InChI is InChI=1S/C22H25N5O3/c1-15(2)12-26(22(29)30)13-16-8-10-17(11-9-16)21(28)24-20-19(23)14-27(25-20)18-6-4-3-5-7-18/h3-11,14-15H,12-13,23H2,1-2H3,(H,29,30)(H,24,25,28). The zero-order valence-electron chi connectivity index (χ0n) is 16.9. The van der Waals surface area contributed by atoms with Gasteiger partial charge in [-0.25, -0.2) is 9.48 Å². The highest BCUT2D eigenvalue weighted by Crippen LogP contribution is 2.20. The fraction of sp³-hybridized carbons (Fsp3) is 0.227. The highest BCUT2D eigenvalue weighted by molar-refractivity contribution is 6.05. The molecule has 3 aromatic rings. The maximum atomic E-state index is 12.6. The summed E-state index contributed by atoms with van der Waals surface area (Å²) in [5, 5.41) is 16.4. The zero-order chi connectivity index (χ0) is 21.7. The van der Waals surface area contributed by atoms with Gasteiger partial charge in [-0.3, -0.25) is 4.79 Å². The van der Waals surface area contributed by atoms with E-state index in [0.717, 1.165) is 11.3 Å². The van der Waals surface area contributed by atoms with Crippen molar-refractivity contribution in [3.8, 4) is 5.69 Å². The van der Waals surface area contributed by atoms with Gasteiger partial charge in [0.25, 0.3) is 5.91 Å². The van der Waals surface area contributed by atoms with E-state index in [4.69, 9.17) is 5.73 Å². The summed E-state index contributed by atoms with van der Waals surface area (Å²) in [7, 11) is 0. The topological polar surface area (TPSA) is 113 Å². The number of carboxylic acid groups (broad SMARTS) is 1. The summed E-state index contributed by atoms with van der Waals surface area (Å²) in [6.45, 7) is 4.65. The second-order valence-electron chi connectivity index (χ2n) is 7.42. The van der Waals surface area contributed by atoms with Crippen LogP contribution in [0.2, 0.25) is 0 Å². The van der Waals surface area contributed by atoms with Gasteiger partial charge >= 0.3 is 6.09 Å². The molecule has 3 rings (SSSR count). The van der Waals surface area contributed by atoms with Gasteiger partial charge in [-0.05, 0) is 35.7 Å². The first kappa shape index (κ1) is 20.9. The van der Waals surface area contributed by atoms with Crippen LogP contribution in [0.5, 0.6) is 0 Å². The Kier molecular flexibility index (Phi) is 6.36. The highest BCUT2D eigenvalue weighted by atomic mass is 16.4. The second-order valence-corrected chi connectivity index (χ2v) is 7.42. The number of nitrogens with zero attached hydrogens (tertiary/aromatic N) is 3. The Labute approximate surface area is 174 Å². The molecule has 0 aliphatic carbocycles. The number of benzene rings is 2. The van der Waals surface area contributed by atoms with E-state index in [1.54, 1.807) is 35.1 Å². The van der Waals surface area contributed by atoms with Crippen LogP contribution in [0.15, 0.2) is 60.8 Å². The molecule has 0 radical (unpaired) electrons. The van der Waals surface area contributed by atoms with E-state index in [1.165, 1.54) is 4.90 Å². The van der Waals surface area contributed by atoms with Gasteiger partial charge in [-0.1, -0.05) is 44.2 Å². The van der Waals surface area contributed by atoms with Crippen molar-refractivity contribution in [2.45, 2.75) is 20.4 Å². The van der Waals surface area contributed by atoms with E-state index in [2.05, 4.69) is 10.4 Å². The van der Waals surface area contributed by atoms with Gasteiger partial charge in [-0.2, -0.15) is 0 Å². The number of carbonyl (C=O) groups is 2. The monoisotopic (exact) mass is 407 g/mol. The molecule has 30 heavy (non-hydrogen) atoms. The van der Waals surface area contributed by atoms with E-state index in [-0.39, 0.29) is 24.2 Å². The average molecular weight is 407 g/mol. The lowest BCUT2D eigenvalue weighted by Gasteiger charge is -2.21. The number of anilines is 2. The Morgan fingerprint density at radius 2 is 1.80 bits per heavy atom. The third kappa shape index (κ3) is 5.16. The predicted molar refractivity (Wildman–Crippen MR) is 116 cm³/mol. The number of amides is 2. The fourth-order valence-electron chi connectivity index (χ4n) is 3.01. The van der Waals surface area contributed by atoms with Crippen molar-refractivity contribution in [1.29, 1.82) is 0 Å². The average Bonchev–Trinajstić information content (AvgIpc) is 3.08. The molecule has 1 aromatic heterocycles. The minimum atomic E-state index is -0.963. The number of rotatable bonds is 7. The van der Waals surface area contributed by atoms with Crippen LogP contribution in [0.1, 0.15) is 29.8 Å². The van der Waals surface area contributed by atoms with Crippen LogP contribution in [-0.2, 0) is 6.54 Å². The molecule has 2 amide bonds. The summed E-state index contributed by atoms with van der Waals surface area (Å²) in [6.07, 6.45) is 0.679. The Balaban J connectivity index is 1.68. The summed E-state index contributed by atoms with van der Waals surface area (Å²) in [6, 6.07) is 16.3. The Bertz CT molecular complexity index is 1010. The number of nitrogens with one attached hydrogen (secondary N) is 1. The number of nitrogen functional groups attached to an aromatic ring is 1. The summed E-state index contributed by atoms with van der Waals surface area (Å²) in [5.41, 5.74) is 8.42. The summed E-state index contributed by atoms with van der Waals surface area (Å²) >= 11 is 0. The first-order valence-corrected chi connectivity index (χ1v) is 9.62. The van der Waals surface area contributed by atoms with Crippen LogP contribution in [0, 0.1) is 5.92 Å². The van der Waals surface area contributed by atoms with E-state index in [1.807, 2.05) is 44.2 Å². The van der Waals surface area contributed by atoms with Crippen LogP contribution in [-0.4, -0.2) is 38.3 Å². The van der Waals surface area contributed by atoms with Gasteiger partial charge in [0.05, 0.1) is 17.6 Å². The molecule has 0 bridgehead atoms. The number of nitrogens with two attached hydrogens (primary N) is 1. The van der Waals surface area contributed by atoms with Crippen LogP contribution in [0.3, 0.4) is 0 Å². The predicted octanol–water partition coefficient (Wildman–Crippen LogP) is 3.84. The Hall–Kier alpha value is -3.81. The quantitative estimate of drug-likeness (QED) is 0.551. The molecular weight excluding hydrogens is 382 g/mol. The van der Waals surface area contributed by atoms with Gasteiger partial charge in [-0.15, -0.1) is 5.10 Å². The van der Waals surface area contributed by atoms with Gasteiger partial charge in [0.15, 0.2) is 5.82 Å². The largest absolute Gasteiger partial charge is 0.465 e. The van der Waals surface area contributed by atoms with Gasteiger partial charge in [0, 0.05) is 18.7 Å². The number of carbonyl (C=O) groups excluding carboxylic acids is 1. The van der Waals surface area contributed by atoms with Crippen LogP contribution >= 0.6 is 0 Å². The van der Waals surface area contributed by atoms with Gasteiger partial charge in [0.1, 0.15) is 0 Å². The molecular formula is C22H25N5O3. The highest BCUT2D eigenvalue weighted by Gasteiger charge is 2.15. The van der Waals surface area contributed by atoms with E-state index in [0.29, 0.717) is 17.8 Å². The molecule has 0 saturated heterocycles. The number of hydrogen-bond acceptors (Lipinski definition) is 4. The first-order valence-electron chi connectivity index (χ1n) is 9.62. The summed E-state index contributed by atoms with van der Waals surface area (Å²) in [5.74, 6) is 0.165. The lowest BCUT2D eigenvalue weighted by Crippen LogP contribution is -2.32. The van der Waals surface area contributed by atoms with Crippen molar-refractivity contribution in [2.24, 2.45) is 5.92 Å². The van der Waals surface area contributed by atoms with Crippen molar-refractivity contribution < 1.29 is 14.7 Å². The third-order valence-electron chi connectivity index (χ3n) is 4.44. The molecule has 1 heterocycles. The van der Waals surface area contributed by atoms with Crippen LogP contribution in [0.25, 0.3) is 5.69 Å². The number of para-hydroxylation sites is 1. The lowest BCUT2D eigenvalue weighted by molar-refractivity contribution is 0.102. The lowest BCUT2D eigenvalue weighted by atomic mass is 10.1. The molecule has 2 aromatic carbocycles. The van der Waals surface area contributed by atoms with Crippen LogP contribution in [0.4, 0.5) is 16.3 Å². The molecule has 0 aliphatic rings. The molecule has 0 atom stereocenters. The molecule has 0 fully saturated rings. The van der Waals surface area contributed by atoms with Crippen molar-refractivity contribution in [2.75, 3.05) is 17.6 Å². The molecule has 8 heteroatoms. The zero-order valence-corrected chi connectivity index (χ0v) is 16.9. The molecule has 4 N–H and O–H groups in total. The summed E-state index contributed by atoms with van der Waals surface area (Å²) in [4.78, 5) is 25.3. The van der Waals surface area contributed by atoms with Crippen molar-refractivity contribution in [1.82, 2.24) is 14.7 Å². The SMILES string of the molecule is CC(C)CN(Cc1ccc(C(=O)Nc2nn(-c3ccccc3)cc2N)cc1)C(=O)O. The maximum Gasteiger partial charge on any atom is 0.407 e. The molecule has 0 unspecified atom stereocenters. The summed E-state index contributed by atoms with van der Waals surface area (Å²) < 4.78 is 1.60. The number of hydrogen-bond donors (Lipinski definition) is 3. The third-order valence-corrected chi connectivity index (χ3v) is 4.44. The normalized spacial score (nSPS) is 10.8. The Morgan fingerprint density at radius 1 is 1.13 bits per heavy atom. The second kappa shape index (κ2) is 9.13.